The average molecular weight is 320 g/mol. The number of sulfonamides is 1. The minimum atomic E-state index is -4.87. The van der Waals surface area contributed by atoms with E-state index in [2.05, 4.69) is 4.72 Å². The van der Waals surface area contributed by atoms with E-state index in [0.717, 1.165) is 0 Å². The predicted octanol–water partition coefficient (Wildman–Crippen LogP) is -0.00870. The highest BCUT2D eigenvalue weighted by Gasteiger charge is 2.44. The Morgan fingerprint density at radius 3 is 2.10 bits per heavy atom. The number of rotatable bonds is 6. The fraction of sp³-hybridized carbons (Fsp3) is 0.900. The van der Waals surface area contributed by atoms with Crippen LogP contribution >= 0.6 is 0 Å². The first kappa shape index (κ1) is 19.1. The van der Waals surface area contributed by atoms with Crippen LogP contribution in [-0.2, 0) is 14.8 Å². The van der Waals surface area contributed by atoms with E-state index >= 15 is 0 Å². The smallest absolute Gasteiger partial charge is 0.395 e. The van der Waals surface area contributed by atoms with Crippen LogP contribution in [0.15, 0.2) is 0 Å². The molecule has 0 aromatic rings. The monoisotopic (exact) mass is 320 g/mol. The van der Waals surface area contributed by atoms with E-state index in [1.165, 1.54) is 0 Å². The van der Waals surface area contributed by atoms with Gasteiger partial charge in [-0.1, -0.05) is 0 Å². The van der Waals surface area contributed by atoms with Gasteiger partial charge in [0.25, 0.3) is 0 Å². The lowest BCUT2D eigenvalue weighted by molar-refractivity contribution is -0.189. The van der Waals surface area contributed by atoms with Gasteiger partial charge < -0.3 is 10.4 Å². The second kappa shape index (κ2) is 6.72. The van der Waals surface area contributed by atoms with Gasteiger partial charge in [-0.05, 0) is 20.8 Å². The number of carbonyl (C=O) groups excluding carboxylic acids is 1. The fourth-order valence-corrected chi connectivity index (χ4v) is 2.69. The molecular formula is C10H19F3N2O4S. The van der Waals surface area contributed by atoms with Crippen molar-refractivity contribution in [3.8, 4) is 0 Å². The Hall–Kier alpha value is -0.870. The summed E-state index contributed by atoms with van der Waals surface area (Å²) in [7, 11) is -3.71. The van der Waals surface area contributed by atoms with Crippen molar-refractivity contribution in [2.75, 3.05) is 18.9 Å². The highest BCUT2D eigenvalue weighted by molar-refractivity contribution is 7.89. The van der Waals surface area contributed by atoms with Gasteiger partial charge in [0.2, 0.25) is 15.9 Å². The molecule has 0 saturated heterocycles. The molecule has 0 spiro atoms. The number of aliphatic hydroxyl groups is 1. The number of alkyl halides is 3. The van der Waals surface area contributed by atoms with E-state index in [9.17, 15) is 26.4 Å². The van der Waals surface area contributed by atoms with Crippen molar-refractivity contribution in [1.82, 2.24) is 10.0 Å². The molecule has 0 fully saturated rings. The third kappa shape index (κ3) is 7.65. The molecule has 1 atom stereocenters. The van der Waals surface area contributed by atoms with E-state index < -0.39 is 52.5 Å². The highest BCUT2D eigenvalue weighted by Crippen LogP contribution is 2.25. The minimum Gasteiger partial charge on any atom is -0.395 e. The summed E-state index contributed by atoms with van der Waals surface area (Å²) in [5, 5.41) is 10.4. The largest absolute Gasteiger partial charge is 0.402 e. The van der Waals surface area contributed by atoms with Crippen LogP contribution in [-0.4, -0.2) is 50.1 Å². The van der Waals surface area contributed by atoms with Gasteiger partial charge in [0, 0.05) is 12.1 Å². The maximum atomic E-state index is 12.3. The Bertz CT molecular complexity index is 429. The molecule has 0 radical (unpaired) electrons. The number of nitrogens with one attached hydrogen (secondary N) is 2. The number of aliphatic hydroxyl groups excluding tert-OH is 1. The number of amides is 1. The number of hydrogen-bond acceptors (Lipinski definition) is 4. The molecule has 0 aliphatic carbocycles. The zero-order valence-corrected chi connectivity index (χ0v) is 12.2. The molecule has 0 bridgehead atoms. The van der Waals surface area contributed by atoms with Crippen molar-refractivity contribution in [3.05, 3.63) is 0 Å². The van der Waals surface area contributed by atoms with E-state index in [1.54, 1.807) is 20.8 Å². The van der Waals surface area contributed by atoms with Crippen molar-refractivity contribution < 1.29 is 31.5 Å². The molecule has 10 heteroatoms. The summed E-state index contributed by atoms with van der Waals surface area (Å²) >= 11 is 0. The lowest BCUT2D eigenvalue weighted by Crippen LogP contribution is -2.46. The van der Waals surface area contributed by atoms with Gasteiger partial charge in [0.1, 0.15) is 0 Å². The van der Waals surface area contributed by atoms with Gasteiger partial charge in [-0.15, -0.1) is 0 Å². The summed E-state index contributed by atoms with van der Waals surface area (Å²) in [6.45, 7) is 2.96. The van der Waals surface area contributed by atoms with Gasteiger partial charge >= 0.3 is 6.18 Å². The predicted molar refractivity (Wildman–Crippen MR) is 66.3 cm³/mol. The molecule has 0 rings (SSSR count). The van der Waals surface area contributed by atoms with Crippen molar-refractivity contribution >= 4 is 15.9 Å². The second-order valence-corrected chi connectivity index (χ2v) is 7.08. The lowest BCUT2D eigenvalue weighted by atomic mass is 10.1. The zero-order chi connectivity index (χ0) is 16.2. The highest BCUT2D eigenvalue weighted by atomic mass is 32.2. The maximum Gasteiger partial charge on any atom is 0.402 e. The Morgan fingerprint density at radius 1 is 1.25 bits per heavy atom. The number of hydrogen-bond donors (Lipinski definition) is 3. The SMILES string of the molecule is CC(C)(C)NS(=O)(=O)CCNC(=O)C(CO)C(F)(F)F. The molecule has 0 aromatic heterocycles. The van der Waals surface area contributed by atoms with E-state index in [0.29, 0.717) is 0 Å². The van der Waals surface area contributed by atoms with E-state index in [1.807, 2.05) is 5.32 Å². The molecular weight excluding hydrogens is 301 g/mol. The summed E-state index contributed by atoms with van der Waals surface area (Å²) in [4.78, 5) is 11.2. The third-order valence-electron chi connectivity index (χ3n) is 2.03. The molecule has 1 unspecified atom stereocenters. The van der Waals surface area contributed by atoms with Crippen LogP contribution in [0.25, 0.3) is 0 Å². The lowest BCUT2D eigenvalue weighted by Gasteiger charge is -2.21. The van der Waals surface area contributed by atoms with Crippen molar-refractivity contribution in [2.24, 2.45) is 5.92 Å². The molecule has 0 heterocycles. The third-order valence-corrected chi connectivity index (χ3v) is 3.69. The molecule has 6 nitrogen and oxygen atoms in total. The van der Waals surface area contributed by atoms with Gasteiger partial charge in [-0.3, -0.25) is 4.79 Å². The average Bonchev–Trinajstić information content (AvgIpc) is 2.11. The van der Waals surface area contributed by atoms with Gasteiger partial charge in [-0.25, -0.2) is 13.1 Å². The summed E-state index contributed by atoms with van der Waals surface area (Å²) in [6.07, 6.45) is -4.87. The van der Waals surface area contributed by atoms with Crippen LogP contribution in [0.3, 0.4) is 0 Å². The second-order valence-electron chi connectivity index (χ2n) is 5.24. The van der Waals surface area contributed by atoms with Crippen LogP contribution in [0, 0.1) is 5.92 Å². The van der Waals surface area contributed by atoms with Crippen molar-refractivity contribution in [2.45, 2.75) is 32.5 Å². The fourth-order valence-electron chi connectivity index (χ4n) is 1.28. The molecule has 0 aliphatic rings. The first-order valence-corrected chi connectivity index (χ1v) is 7.40. The van der Waals surface area contributed by atoms with Crippen LogP contribution in [0.1, 0.15) is 20.8 Å². The molecule has 20 heavy (non-hydrogen) atoms. The first-order valence-electron chi connectivity index (χ1n) is 5.75. The van der Waals surface area contributed by atoms with E-state index in [-0.39, 0.29) is 0 Å². The summed E-state index contributed by atoms with van der Waals surface area (Å²) in [6, 6.07) is 0. The summed E-state index contributed by atoms with van der Waals surface area (Å²) < 4.78 is 62.3. The van der Waals surface area contributed by atoms with Gasteiger partial charge in [-0.2, -0.15) is 13.2 Å². The van der Waals surface area contributed by atoms with Crippen LogP contribution in [0.2, 0.25) is 0 Å². The zero-order valence-electron chi connectivity index (χ0n) is 11.4. The Balaban J connectivity index is 4.41. The Morgan fingerprint density at radius 2 is 1.75 bits per heavy atom. The first-order chi connectivity index (χ1) is 8.78. The van der Waals surface area contributed by atoms with Gasteiger partial charge in [0.15, 0.2) is 5.92 Å². The standard InChI is InChI=1S/C10H19F3N2O4S/c1-9(2,3)15-20(18,19)5-4-14-8(17)7(6-16)10(11,12)13/h7,15-16H,4-6H2,1-3H3,(H,14,17). The molecule has 0 saturated carbocycles. The summed E-state index contributed by atoms with van der Waals surface area (Å²) in [5.41, 5.74) is -0.720. The molecule has 1 amide bonds. The molecule has 3 N–H and O–H groups in total. The topological polar surface area (TPSA) is 95.5 Å². The molecule has 120 valence electrons. The Kier molecular flexibility index (Phi) is 6.43. The Labute approximate surface area is 115 Å². The van der Waals surface area contributed by atoms with Gasteiger partial charge in [0.05, 0.1) is 12.4 Å². The van der Waals surface area contributed by atoms with Crippen LogP contribution in [0.4, 0.5) is 13.2 Å². The van der Waals surface area contributed by atoms with E-state index in [4.69, 9.17) is 5.11 Å². The maximum absolute atomic E-state index is 12.3. The summed E-state index contributed by atoms with van der Waals surface area (Å²) in [5.74, 6) is -4.56. The minimum absolute atomic E-state index is 0.475. The molecule has 0 aliphatic heterocycles. The van der Waals surface area contributed by atoms with Crippen molar-refractivity contribution in [3.63, 3.8) is 0 Å². The quantitative estimate of drug-likeness (QED) is 0.641. The number of carbonyl (C=O) groups is 1. The number of halogens is 3. The van der Waals surface area contributed by atoms with Crippen LogP contribution < -0.4 is 10.0 Å². The normalized spacial score (nSPS) is 14.9. The molecule has 0 aromatic carbocycles. The van der Waals surface area contributed by atoms with Crippen LogP contribution in [0.5, 0.6) is 0 Å². The van der Waals surface area contributed by atoms with Crippen molar-refractivity contribution in [1.29, 1.82) is 0 Å².